The third-order valence-electron chi connectivity index (χ3n) is 1.87. The highest BCUT2D eigenvalue weighted by Crippen LogP contribution is 2.21. The number of ether oxygens (including phenoxy) is 2. The van der Waals surface area contributed by atoms with Gasteiger partial charge >= 0.3 is 0 Å². The number of aliphatic hydroxyl groups excluding tert-OH is 1. The van der Waals surface area contributed by atoms with Crippen molar-refractivity contribution in [2.24, 2.45) is 0 Å². The van der Waals surface area contributed by atoms with Crippen LogP contribution >= 0.6 is 0 Å². The van der Waals surface area contributed by atoms with Crippen LogP contribution in [0.5, 0.6) is 0 Å². The van der Waals surface area contributed by atoms with Crippen molar-refractivity contribution in [3.05, 3.63) is 0 Å². The van der Waals surface area contributed by atoms with Crippen LogP contribution in [0.15, 0.2) is 0 Å². The van der Waals surface area contributed by atoms with Gasteiger partial charge in [0.2, 0.25) is 0 Å². The van der Waals surface area contributed by atoms with Crippen molar-refractivity contribution in [1.29, 1.82) is 0 Å². The van der Waals surface area contributed by atoms with Crippen LogP contribution in [-0.2, 0) is 9.47 Å². The first-order valence-corrected chi connectivity index (χ1v) is 3.57. The van der Waals surface area contributed by atoms with E-state index in [2.05, 4.69) is 0 Å². The molecule has 0 radical (unpaired) electrons. The Balaban J connectivity index is 2.41. The van der Waals surface area contributed by atoms with E-state index in [1.807, 2.05) is 6.92 Å². The van der Waals surface area contributed by atoms with Gasteiger partial charge in [0.1, 0.15) is 6.10 Å². The van der Waals surface area contributed by atoms with Gasteiger partial charge in [-0.05, 0) is 6.92 Å². The molecule has 0 aromatic heterocycles. The van der Waals surface area contributed by atoms with E-state index in [0.29, 0.717) is 0 Å². The molecule has 0 bridgehead atoms. The molecule has 1 aliphatic rings. The second-order valence-corrected chi connectivity index (χ2v) is 2.68. The van der Waals surface area contributed by atoms with Crippen LogP contribution in [0.2, 0.25) is 0 Å². The Hall–Kier alpha value is -0.120. The van der Waals surface area contributed by atoms with Crippen LogP contribution in [0.1, 0.15) is 13.3 Å². The molecule has 10 heavy (non-hydrogen) atoms. The fourth-order valence-corrected chi connectivity index (χ4v) is 1.33. The smallest absolute Gasteiger partial charge is 0.107 e. The standard InChI is InChI=1S/C7H14O3/c1-5-3-6(9-2)7(4-8)10-5/h5-8H,3-4H2,1-2H3/t5-,6-,7+/m0/s1. The van der Waals surface area contributed by atoms with Crippen molar-refractivity contribution < 1.29 is 14.6 Å². The molecular weight excluding hydrogens is 132 g/mol. The Morgan fingerprint density at radius 2 is 2.40 bits per heavy atom. The van der Waals surface area contributed by atoms with Crippen LogP contribution in [0.25, 0.3) is 0 Å². The summed E-state index contributed by atoms with van der Waals surface area (Å²) >= 11 is 0. The summed E-state index contributed by atoms with van der Waals surface area (Å²) in [5.74, 6) is 0. The van der Waals surface area contributed by atoms with Crippen molar-refractivity contribution in [3.63, 3.8) is 0 Å². The number of methoxy groups -OCH3 is 1. The molecule has 1 rings (SSSR count). The third kappa shape index (κ3) is 1.48. The zero-order valence-electron chi connectivity index (χ0n) is 6.41. The fraction of sp³-hybridized carbons (Fsp3) is 1.00. The van der Waals surface area contributed by atoms with Crippen molar-refractivity contribution >= 4 is 0 Å². The van der Waals surface area contributed by atoms with Crippen molar-refractivity contribution in [3.8, 4) is 0 Å². The first kappa shape index (κ1) is 7.98. The van der Waals surface area contributed by atoms with Gasteiger partial charge in [0.25, 0.3) is 0 Å². The normalized spacial score (nSPS) is 40.5. The summed E-state index contributed by atoms with van der Waals surface area (Å²) in [7, 11) is 1.65. The van der Waals surface area contributed by atoms with Crippen LogP contribution in [-0.4, -0.2) is 37.1 Å². The lowest BCUT2D eigenvalue weighted by molar-refractivity contribution is -0.0302. The topological polar surface area (TPSA) is 38.7 Å². The summed E-state index contributed by atoms with van der Waals surface area (Å²) < 4.78 is 10.4. The molecule has 1 fully saturated rings. The first-order valence-electron chi connectivity index (χ1n) is 3.57. The van der Waals surface area contributed by atoms with Crippen LogP contribution < -0.4 is 0 Å². The van der Waals surface area contributed by atoms with Gasteiger partial charge in [0, 0.05) is 13.5 Å². The van der Waals surface area contributed by atoms with Crippen molar-refractivity contribution in [2.75, 3.05) is 13.7 Å². The zero-order valence-corrected chi connectivity index (χ0v) is 6.41. The van der Waals surface area contributed by atoms with Crippen LogP contribution in [0.3, 0.4) is 0 Å². The van der Waals surface area contributed by atoms with E-state index < -0.39 is 0 Å². The minimum absolute atomic E-state index is 0.0584. The highest BCUT2D eigenvalue weighted by atomic mass is 16.6. The molecule has 0 amide bonds. The third-order valence-corrected chi connectivity index (χ3v) is 1.87. The Morgan fingerprint density at radius 1 is 1.70 bits per heavy atom. The van der Waals surface area contributed by atoms with Crippen molar-refractivity contribution in [2.45, 2.75) is 31.7 Å². The Labute approximate surface area is 60.9 Å². The molecular formula is C7H14O3. The van der Waals surface area contributed by atoms with E-state index in [4.69, 9.17) is 14.6 Å². The maximum absolute atomic E-state index is 8.78. The monoisotopic (exact) mass is 146 g/mol. The van der Waals surface area contributed by atoms with Gasteiger partial charge < -0.3 is 14.6 Å². The molecule has 3 heteroatoms. The average Bonchev–Trinajstić information content (AvgIpc) is 2.30. The van der Waals surface area contributed by atoms with E-state index >= 15 is 0 Å². The average molecular weight is 146 g/mol. The van der Waals surface area contributed by atoms with Gasteiger partial charge in [-0.15, -0.1) is 0 Å². The zero-order chi connectivity index (χ0) is 7.56. The van der Waals surface area contributed by atoms with Gasteiger partial charge in [-0.1, -0.05) is 0 Å². The van der Waals surface area contributed by atoms with Gasteiger partial charge in [-0.2, -0.15) is 0 Å². The number of hydrogen-bond acceptors (Lipinski definition) is 3. The molecule has 1 N–H and O–H groups in total. The Bertz CT molecular complexity index is 93.0. The van der Waals surface area contributed by atoms with E-state index in [-0.39, 0.29) is 24.9 Å². The number of rotatable bonds is 2. The molecule has 0 spiro atoms. The minimum atomic E-state index is -0.111. The van der Waals surface area contributed by atoms with Gasteiger partial charge in [0.05, 0.1) is 18.8 Å². The summed E-state index contributed by atoms with van der Waals surface area (Å²) in [5, 5.41) is 8.78. The maximum Gasteiger partial charge on any atom is 0.107 e. The predicted molar refractivity (Wildman–Crippen MR) is 36.8 cm³/mol. The quantitative estimate of drug-likeness (QED) is 0.603. The summed E-state index contributed by atoms with van der Waals surface area (Å²) in [5.41, 5.74) is 0. The maximum atomic E-state index is 8.78. The lowest BCUT2D eigenvalue weighted by Crippen LogP contribution is -2.26. The van der Waals surface area contributed by atoms with E-state index in [0.717, 1.165) is 6.42 Å². The molecule has 0 saturated carbocycles. The lowest BCUT2D eigenvalue weighted by atomic mass is 10.1. The van der Waals surface area contributed by atoms with E-state index in [1.165, 1.54) is 0 Å². The SMILES string of the molecule is CO[C@H]1C[C@H](C)O[C@@H]1CO. The molecule has 3 atom stereocenters. The molecule has 0 unspecified atom stereocenters. The highest BCUT2D eigenvalue weighted by Gasteiger charge is 2.31. The highest BCUT2D eigenvalue weighted by molar-refractivity contribution is 4.80. The second-order valence-electron chi connectivity index (χ2n) is 2.68. The second kappa shape index (κ2) is 3.32. The molecule has 3 nitrogen and oxygen atoms in total. The minimum Gasteiger partial charge on any atom is -0.394 e. The van der Waals surface area contributed by atoms with Crippen LogP contribution in [0.4, 0.5) is 0 Å². The van der Waals surface area contributed by atoms with Gasteiger partial charge in [0.15, 0.2) is 0 Å². The summed E-state index contributed by atoms with van der Waals surface area (Å²) in [6.45, 7) is 2.05. The molecule has 60 valence electrons. The molecule has 0 aliphatic carbocycles. The van der Waals surface area contributed by atoms with Gasteiger partial charge in [-0.25, -0.2) is 0 Å². The van der Waals surface area contributed by atoms with Crippen LogP contribution in [0, 0.1) is 0 Å². The van der Waals surface area contributed by atoms with E-state index in [1.54, 1.807) is 7.11 Å². The fourth-order valence-electron chi connectivity index (χ4n) is 1.33. The van der Waals surface area contributed by atoms with Crippen molar-refractivity contribution in [1.82, 2.24) is 0 Å². The van der Waals surface area contributed by atoms with Gasteiger partial charge in [-0.3, -0.25) is 0 Å². The molecule has 0 aromatic rings. The molecule has 1 heterocycles. The number of aliphatic hydroxyl groups is 1. The summed E-state index contributed by atoms with van der Waals surface area (Å²) in [6.07, 6.45) is 1.09. The predicted octanol–water partition coefficient (Wildman–Crippen LogP) is 0.171. The first-order chi connectivity index (χ1) is 4.77. The molecule has 1 saturated heterocycles. The Kier molecular flexibility index (Phi) is 2.65. The molecule has 0 aromatic carbocycles. The summed E-state index contributed by atoms with van der Waals surface area (Å²) in [4.78, 5) is 0. The Morgan fingerprint density at radius 3 is 2.80 bits per heavy atom. The largest absolute Gasteiger partial charge is 0.394 e. The van der Waals surface area contributed by atoms with E-state index in [9.17, 15) is 0 Å². The number of hydrogen-bond donors (Lipinski definition) is 1. The lowest BCUT2D eigenvalue weighted by Gasteiger charge is -2.13. The summed E-state index contributed by atoms with van der Waals surface area (Å²) in [6, 6.07) is 0. The molecule has 1 aliphatic heterocycles.